The Balaban J connectivity index is 1.42. The summed E-state index contributed by atoms with van der Waals surface area (Å²) >= 11 is 0. The number of rotatable bonds is 15. The first-order valence-electron chi connectivity index (χ1n) is 17.5. The van der Waals surface area contributed by atoms with E-state index in [1.807, 2.05) is 91.9 Å². The molecule has 1 aliphatic heterocycles. The van der Waals surface area contributed by atoms with Crippen LogP contribution in [0.3, 0.4) is 0 Å². The molecule has 0 unspecified atom stereocenters. The Labute approximate surface area is 309 Å². The summed E-state index contributed by atoms with van der Waals surface area (Å²) in [5, 5.41) is 10.1. The van der Waals surface area contributed by atoms with Crippen molar-refractivity contribution < 1.29 is 48.0 Å². The van der Waals surface area contributed by atoms with E-state index in [9.17, 15) is 24.3 Å². The highest BCUT2D eigenvalue weighted by atomic mass is 16.8. The van der Waals surface area contributed by atoms with Crippen molar-refractivity contribution in [2.45, 2.75) is 76.6 Å². The molecule has 0 saturated carbocycles. The van der Waals surface area contributed by atoms with E-state index in [1.54, 1.807) is 51.1 Å². The van der Waals surface area contributed by atoms with Gasteiger partial charge in [0, 0.05) is 12.0 Å². The fraction of sp³-hybridized carbons (Fsp3) is 0.333. The van der Waals surface area contributed by atoms with Crippen molar-refractivity contribution in [3.05, 3.63) is 132 Å². The first kappa shape index (κ1) is 38.7. The maximum Gasteiger partial charge on any atom is 0.379 e. The Morgan fingerprint density at radius 2 is 1.40 bits per heavy atom. The SMILES string of the molecule is C[C@H]([C@H](CCc1ccccc1)c1ccc(Oc2ccccc2)cc1)N(CC(=O)OC(C)(C)C)C(=O)[C@@H]1CO[C@@](C(=O)O)(C(=O)OCc2ccccc2)O1. The van der Waals surface area contributed by atoms with Gasteiger partial charge < -0.3 is 33.7 Å². The Hall–Kier alpha value is -5.52. The molecule has 1 heterocycles. The first-order chi connectivity index (χ1) is 25.3. The molecule has 4 aromatic rings. The fourth-order valence-corrected chi connectivity index (χ4v) is 6.11. The van der Waals surface area contributed by atoms with Gasteiger partial charge in [0.15, 0.2) is 6.10 Å². The Bertz CT molecular complexity index is 1830. The quantitative estimate of drug-likeness (QED) is 0.104. The molecule has 0 radical (unpaired) electrons. The highest BCUT2D eigenvalue weighted by molar-refractivity contribution is 6.02. The first-order valence-corrected chi connectivity index (χ1v) is 17.5. The van der Waals surface area contributed by atoms with E-state index in [4.69, 9.17) is 23.7 Å². The van der Waals surface area contributed by atoms with Gasteiger partial charge in [0.25, 0.3) is 5.91 Å². The number of carboxylic acid groups (broad SMARTS) is 1. The number of nitrogens with zero attached hydrogens (tertiary/aromatic N) is 1. The summed E-state index contributed by atoms with van der Waals surface area (Å²) in [5.74, 6) is -6.38. The molecule has 4 aromatic carbocycles. The normalized spacial score (nSPS) is 18.0. The third kappa shape index (κ3) is 10.3. The standard InChI is InChI=1S/C42H45NO10/c1-29(35(25-20-30-14-8-5-9-15-30)32-21-23-34(24-22-32)51-33-18-12-7-13-19-33)43(26-37(44)53-41(2,3)4)38(45)36-28-50-42(52-36,39(46)47)40(48)49-27-31-16-10-6-11-17-31/h5-19,21-24,29,35-36H,20,25-28H2,1-4H3,(H,46,47)/t29-,35+,36+,42-/m1/s1. The number of carboxylic acids is 1. The zero-order valence-electron chi connectivity index (χ0n) is 30.3. The van der Waals surface area contributed by atoms with E-state index in [1.165, 1.54) is 4.90 Å². The number of amides is 1. The third-order valence-corrected chi connectivity index (χ3v) is 8.74. The number of aryl methyl sites for hydroxylation is 1. The molecular weight excluding hydrogens is 678 g/mol. The van der Waals surface area contributed by atoms with E-state index in [0.717, 1.165) is 11.1 Å². The number of ether oxygens (including phenoxy) is 5. The molecule has 1 aliphatic rings. The van der Waals surface area contributed by atoms with Crippen LogP contribution in [0.15, 0.2) is 115 Å². The molecule has 11 heteroatoms. The molecule has 1 fully saturated rings. The minimum atomic E-state index is -2.88. The summed E-state index contributed by atoms with van der Waals surface area (Å²) in [6, 6.07) is 34.9. The molecule has 1 saturated heterocycles. The number of benzene rings is 4. The van der Waals surface area contributed by atoms with E-state index >= 15 is 0 Å². The average Bonchev–Trinajstić information content (AvgIpc) is 3.61. The lowest BCUT2D eigenvalue weighted by Gasteiger charge is -2.36. The number of hydrogen-bond donors (Lipinski definition) is 1. The molecule has 0 bridgehead atoms. The number of aliphatic carboxylic acids is 1. The van der Waals surface area contributed by atoms with Gasteiger partial charge >= 0.3 is 23.7 Å². The summed E-state index contributed by atoms with van der Waals surface area (Å²) < 4.78 is 28.0. The van der Waals surface area contributed by atoms with Crippen molar-refractivity contribution in [3.63, 3.8) is 0 Å². The lowest BCUT2D eigenvalue weighted by Crippen LogP contribution is -2.53. The molecule has 53 heavy (non-hydrogen) atoms. The van der Waals surface area contributed by atoms with Gasteiger partial charge in [-0.3, -0.25) is 9.59 Å². The zero-order chi connectivity index (χ0) is 38.0. The van der Waals surface area contributed by atoms with Crippen LogP contribution in [0.5, 0.6) is 11.5 Å². The van der Waals surface area contributed by atoms with Crippen molar-refractivity contribution in [1.29, 1.82) is 0 Å². The van der Waals surface area contributed by atoms with Crippen LogP contribution in [0, 0.1) is 0 Å². The molecule has 1 N–H and O–H groups in total. The summed E-state index contributed by atoms with van der Waals surface area (Å²) in [6.07, 6.45) is -0.309. The van der Waals surface area contributed by atoms with Gasteiger partial charge in [-0.1, -0.05) is 91.0 Å². The third-order valence-electron chi connectivity index (χ3n) is 8.74. The van der Waals surface area contributed by atoms with E-state index in [-0.39, 0.29) is 12.5 Å². The number of carbonyl (C=O) groups excluding carboxylic acids is 3. The van der Waals surface area contributed by atoms with Crippen molar-refractivity contribution in [2.75, 3.05) is 13.2 Å². The van der Waals surface area contributed by atoms with Crippen LogP contribution in [-0.2, 0) is 51.2 Å². The summed E-state index contributed by atoms with van der Waals surface area (Å²) in [6.45, 7) is 5.71. The average molecular weight is 724 g/mol. The molecule has 278 valence electrons. The number of carbonyl (C=O) groups is 4. The Morgan fingerprint density at radius 1 is 0.830 bits per heavy atom. The van der Waals surface area contributed by atoms with Gasteiger partial charge in [0.2, 0.25) is 0 Å². The van der Waals surface area contributed by atoms with Crippen LogP contribution in [0.1, 0.15) is 56.7 Å². The van der Waals surface area contributed by atoms with Crippen LogP contribution >= 0.6 is 0 Å². The highest BCUT2D eigenvalue weighted by Crippen LogP contribution is 2.34. The fourth-order valence-electron chi connectivity index (χ4n) is 6.11. The molecule has 5 rings (SSSR count). The van der Waals surface area contributed by atoms with Gasteiger partial charge in [0.1, 0.15) is 30.3 Å². The predicted molar refractivity (Wildman–Crippen MR) is 195 cm³/mol. The largest absolute Gasteiger partial charge is 0.477 e. The molecule has 0 aliphatic carbocycles. The van der Waals surface area contributed by atoms with Gasteiger partial charge in [-0.15, -0.1) is 0 Å². The maximum absolute atomic E-state index is 14.4. The van der Waals surface area contributed by atoms with Crippen LogP contribution in [-0.4, -0.2) is 70.5 Å². The van der Waals surface area contributed by atoms with Gasteiger partial charge in [-0.05, 0) is 81.5 Å². The highest BCUT2D eigenvalue weighted by Gasteiger charge is 2.59. The molecular formula is C42H45NO10. The van der Waals surface area contributed by atoms with Gasteiger partial charge in [0.05, 0.1) is 6.61 Å². The van der Waals surface area contributed by atoms with Gasteiger partial charge in [-0.25, -0.2) is 9.59 Å². The van der Waals surface area contributed by atoms with Crippen molar-refractivity contribution >= 4 is 23.8 Å². The molecule has 0 spiro atoms. The lowest BCUT2D eigenvalue weighted by molar-refractivity contribution is -0.222. The Kier molecular flexibility index (Phi) is 12.7. The van der Waals surface area contributed by atoms with Crippen LogP contribution in [0.4, 0.5) is 0 Å². The smallest absolute Gasteiger partial charge is 0.379 e. The van der Waals surface area contributed by atoms with Crippen LogP contribution in [0.25, 0.3) is 0 Å². The summed E-state index contributed by atoms with van der Waals surface area (Å²) in [5.41, 5.74) is 1.74. The minimum Gasteiger partial charge on any atom is -0.477 e. The van der Waals surface area contributed by atoms with E-state index < -0.39 is 60.5 Å². The van der Waals surface area contributed by atoms with Crippen molar-refractivity contribution in [1.82, 2.24) is 4.90 Å². The minimum absolute atomic E-state index is 0.236. The Morgan fingerprint density at radius 3 is 1.98 bits per heavy atom. The van der Waals surface area contributed by atoms with E-state index in [0.29, 0.717) is 29.9 Å². The number of esters is 2. The molecule has 0 aromatic heterocycles. The van der Waals surface area contributed by atoms with Crippen LogP contribution < -0.4 is 4.74 Å². The topological polar surface area (TPSA) is 138 Å². The second-order valence-electron chi connectivity index (χ2n) is 13.8. The monoisotopic (exact) mass is 723 g/mol. The van der Waals surface area contributed by atoms with Crippen molar-refractivity contribution in [3.8, 4) is 11.5 Å². The number of hydrogen-bond acceptors (Lipinski definition) is 9. The zero-order valence-corrected chi connectivity index (χ0v) is 30.3. The second kappa shape index (κ2) is 17.3. The van der Waals surface area contributed by atoms with Crippen LogP contribution in [0.2, 0.25) is 0 Å². The van der Waals surface area contributed by atoms with Crippen molar-refractivity contribution in [2.24, 2.45) is 0 Å². The maximum atomic E-state index is 14.4. The molecule has 1 amide bonds. The predicted octanol–water partition coefficient (Wildman–Crippen LogP) is 6.69. The lowest BCUT2D eigenvalue weighted by atomic mass is 9.85. The molecule has 4 atom stereocenters. The second-order valence-corrected chi connectivity index (χ2v) is 13.8. The van der Waals surface area contributed by atoms with E-state index in [2.05, 4.69) is 0 Å². The number of para-hydroxylation sites is 1. The summed E-state index contributed by atoms with van der Waals surface area (Å²) in [4.78, 5) is 54.7. The summed E-state index contributed by atoms with van der Waals surface area (Å²) in [7, 11) is 0. The van der Waals surface area contributed by atoms with Gasteiger partial charge in [-0.2, -0.15) is 0 Å². The molecule has 11 nitrogen and oxygen atoms in total.